The smallest absolute Gasteiger partial charge is 0.0684 e. The van der Waals surface area contributed by atoms with Gasteiger partial charge in [-0.15, -0.1) is 0 Å². The van der Waals surface area contributed by atoms with Crippen molar-refractivity contribution in [3.05, 3.63) is 62.8 Å². The Morgan fingerprint density at radius 1 is 1.19 bits per heavy atom. The summed E-state index contributed by atoms with van der Waals surface area (Å²) in [4.78, 5) is 6.64. The van der Waals surface area contributed by atoms with E-state index in [0.717, 1.165) is 27.7 Å². The van der Waals surface area contributed by atoms with Crippen LogP contribution in [-0.2, 0) is 6.54 Å². The molecule has 0 saturated carbocycles. The number of pyridine rings is 1. The van der Waals surface area contributed by atoms with Gasteiger partial charge in [0.2, 0.25) is 0 Å². The number of benzene rings is 1. The van der Waals surface area contributed by atoms with Crippen LogP contribution in [0.1, 0.15) is 17.3 Å². The van der Waals surface area contributed by atoms with Crippen LogP contribution in [0.3, 0.4) is 0 Å². The fourth-order valence-electron chi connectivity index (χ4n) is 2.13. The van der Waals surface area contributed by atoms with Crippen LogP contribution in [0.5, 0.6) is 0 Å². The highest BCUT2D eigenvalue weighted by Crippen LogP contribution is 2.21. The van der Waals surface area contributed by atoms with Gasteiger partial charge in [0.1, 0.15) is 0 Å². The molecule has 2 rings (SSSR count). The second-order valence-electron chi connectivity index (χ2n) is 5.19. The zero-order chi connectivity index (χ0) is 15.2. The molecule has 0 aliphatic rings. The molecule has 112 valence electrons. The number of nitrogens with one attached hydrogen (secondary N) is 1. The molecule has 2 aromatic rings. The lowest BCUT2D eigenvalue weighted by Gasteiger charge is -2.23. The number of halogens is 2. The van der Waals surface area contributed by atoms with Gasteiger partial charge in [0.25, 0.3) is 0 Å². The number of nitrogens with zero attached hydrogens (tertiary/aromatic N) is 2. The number of likely N-dealkylation sites (N-methyl/N-ethyl adjacent to an activating group) is 1. The molecule has 0 amide bonds. The lowest BCUT2D eigenvalue weighted by Crippen LogP contribution is -2.31. The Morgan fingerprint density at radius 3 is 2.52 bits per heavy atom. The quantitative estimate of drug-likeness (QED) is 0.777. The van der Waals surface area contributed by atoms with E-state index in [1.807, 2.05) is 18.3 Å². The number of aromatic nitrogens is 1. The second-order valence-corrected chi connectivity index (χ2v) is 6.96. The number of hydrogen-bond acceptors (Lipinski definition) is 3. The summed E-state index contributed by atoms with van der Waals surface area (Å²) < 4.78 is 1.99. The van der Waals surface area contributed by atoms with Gasteiger partial charge in [-0.3, -0.25) is 4.98 Å². The third kappa shape index (κ3) is 5.18. The van der Waals surface area contributed by atoms with Gasteiger partial charge in [-0.1, -0.05) is 30.3 Å². The van der Waals surface area contributed by atoms with Crippen molar-refractivity contribution in [1.29, 1.82) is 0 Å². The fraction of sp³-hybridized carbons (Fsp3) is 0.312. The molecule has 1 aromatic carbocycles. The van der Waals surface area contributed by atoms with Gasteiger partial charge in [0, 0.05) is 34.3 Å². The second kappa shape index (κ2) is 8.03. The van der Waals surface area contributed by atoms with Crippen LogP contribution < -0.4 is 5.32 Å². The van der Waals surface area contributed by atoms with Crippen LogP contribution >= 0.6 is 31.9 Å². The third-order valence-corrected chi connectivity index (χ3v) is 4.27. The Bertz CT molecular complexity index is 573. The molecule has 3 nitrogen and oxygen atoms in total. The first-order valence-electron chi connectivity index (χ1n) is 6.79. The molecule has 0 aliphatic heterocycles. The maximum absolute atomic E-state index is 4.45. The Morgan fingerprint density at radius 2 is 1.90 bits per heavy atom. The van der Waals surface area contributed by atoms with Crippen molar-refractivity contribution in [2.75, 3.05) is 20.6 Å². The van der Waals surface area contributed by atoms with Crippen molar-refractivity contribution in [2.45, 2.75) is 12.6 Å². The minimum absolute atomic E-state index is 0.276. The van der Waals surface area contributed by atoms with Crippen molar-refractivity contribution >= 4 is 31.9 Å². The van der Waals surface area contributed by atoms with Gasteiger partial charge < -0.3 is 10.2 Å². The Hall–Kier alpha value is -0.750. The maximum atomic E-state index is 4.45. The average Bonchev–Trinajstić information content (AvgIpc) is 2.45. The first kappa shape index (κ1) is 16.6. The van der Waals surface area contributed by atoms with Crippen molar-refractivity contribution in [3.8, 4) is 0 Å². The molecule has 0 saturated heterocycles. The summed E-state index contributed by atoms with van der Waals surface area (Å²) >= 11 is 6.99. The van der Waals surface area contributed by atoms with E-state index in [1.165, 1.54) is 5.56 Å². The summed E-state index contributed by atoms with van der Waals surface area (Å²) in [5.41, 5.74) is 2.30. The number of rotatable bonds is 6. The van der Waals surface area contributed by atoms with Crippen LogP contribution in [0.25, 0.3) is 0 Å². The molecule has 1 heterocycles. The highest BCUT2D eigenvalue weighted by molar-refractivity contribution is 9.11. The summed E-state index contributed by atoms with van der Waals surface area (Å²) in [7, 11) is 4.18. The molecule has 21 heavy (non-hydrogen) atoms. The molecule has 0 bridgehead atoms. The normalized spacial score (nSPS) is 12.6. The third-order valence-electron chi connectivity index (χ3n) is 3.15. The number of hydrogen-bond donors (Lipinski definition) is 1. The molecule has 1 aromatic heterocycles. The van der Waals surface area contributed by atoms with Gasteiger partial charge in [-0.2, -0.15) is 0 Å². The van der Waals surface area contributed by atoms with Gasteiger partial charge in [0.05, 0.1) is 5.69 Å². The van der Waals surface area contributed by atoms with Crippen LogP contribution in [0, 0.1) is 0 Å². The maximum Gasteiger partial charge on any atom is 0.0684 e. The van der Waals surface area contributed by atoms with Crippen LogP contribution in [0.15, 0.2) is 51.5 Å². The molecule has 1 N–H and O–H groups in total. The van der Waals surface area contributed by atoms with E-state index in [9.17, 15) is 0 Å². The molecular weight excluding hydrogens is 394 g/mol. The minimum atomic E-state index is 0.276. The van der Waals surface area contributed by atoms with E-state index in [0.29, 0.717) is 0 Å². The molecule has 5 heteroatoms. The summed E-state index contributed by atoms with van der Waals surface area (Å²) in [6.45, 7) is 1.67. The highest BCUT2D eigenvalue weighted by atomic mass is 79.9. The topological polar surface area (TPSA) is 28.2 Å². The summed E-state index contributed by atoms with van der Waals surface area (Å²) in [6.07, 6.45) is 1.82. The zero-order valence-electron chi connectivity index (χ0n) is 12.2. The monoisotopic (exact) mass is 411 g/mol. The zero-order valence-corrected chi connectivity index (χ0v) is 15.4. The van der Waals surface area contributed by atoms with E-state index in [2.05, 4.69) is 85.4 Å². The molecular formula is C16H19Br2N3. The average molecular weight is 413 g/mol. The largest absolute Gasteiger partial charge is 0.308 e. The van der Waals surface area contributed by atoms with Gasteiger partial charge in [0.15, 0.2) is 0 Å². The lowest BCUT2D eigenvalue weighted by atomic mass is 10.1. The molecule has 0 aliphatic carbocycles. The van der Waals surface area contributed by atoms with Crippen molar-refractivity contribution in [2.24, 2.45) is 0 Å². The van der Waals surface area contributed by atoms with Crippen LogP contribution in [-0.4, -0.2) is 30.5 Å². The van der Waals surface area contributed by atoms with E-state index < -0.39 is 0 Å². The van der Waals surface area contributed by atoms with Crippen molar-refractivity contribution in [1.82, 2.24) is 15.2 Å². The van der Waals surface area contributed by atoms with Crippen molar-refractivity contribution < 1.29 is 0 Å². The fourth-order valence-corrected chi connectivity index (χ4v) is 3.26. The van der Waals surface area contributed by atoms with Gasteiger partial charge in [-0.05, 0) is 57.6 Å². The van der Waals surface area contributed by atoms with Gasteiger partial charge >= 0.3 is 0 Å². The Labute approximate surface area is 143 Å². The van der Waals surface area contributed by atoms with E-state index in [1.54, 1.807) is 0 Å². The Kier molecular flexibility index (Phi) is 6.36. The van der Waals surface area contributed by atoms with E-state index in [-0.39, 0.29) is 6.04 Å². The summed E-state index contributed by atoms with van der Waals surface area (Å²) in [6, 6.07) is 12.8. The minimum Gasteiger partial charge on any atom is -0.308 e. The summed E-state index contributed by atoms with van der Waals surface area (Å²) in [5.74, 6) is 0. The lowest BCUT2D eigenvalue weighted by molar-refractivity contribution is 0.340. The molecule has 0 radical (unpaired) electrons. The van der Waals surface area contributed by atoms with Crippen molar-refractivity contribution in [3.63, 3.8) is 0 Å². The predicted molar refractivity (Wildman–Crippen MR) is 94.2 cm³/mol. The highest BCUT2D eigenvalue weighted by Gasteiger charge is 2.13. The van der Waals surface area contributed by atoms with E-state index >= 15 is 0 Å². The SMILES string of the molecule is CN(C)CC(NCc1ncc(Br)cc1Br)c1ccccc1. The van der Waals surface area contributed by atoms with Gasteiger partial charge in [-0.25, -0.2) is 0 Å². The molecule has 0 fully saturated rings. The molecule has 1 unspecified atom stereocenters. The van der Waals surface area contributed by atoms with Crippen LogP contribution in [0.4, 0.5) is 0 Å². The molecule has 1 atom stereocenters. The van der Waals surface area contributed by atoms with E-state index in [4.69, 9.17) is 0 Å². The van der Waals surface area contributed by atoms with Crippen LogP contribution in [0.2, 0.25) is 0 Å². The Balaban J connectivity index is 2.09. The summed E-state index contributed by atoms with van der Waals surface area (Å²) in [5, 5.41) is 3.59. The standard InChI is InChI=1S/C16H19Br2N3/c1-21(2)11-16(12-6-4-3-5-7-12)20-10-15-14(18)8-13(17)9-19-15/h3-9,16,20H,10-11H2,1-2H3. The predicted octanol–water partition coefficient (Wildman–Crippen LogP) is 4.00. The molecule has 0 spiro atoms. The first-order chi connectivity index (χ1) is 10.1. The first-order valence-corrected chi connectivity index (χ1v) is 8.38.